The highest BCUT2D eigenvalue weighted by Gasteiger charge is 2.27. The van der Waals surface area contributed by atoms with Gasteiger partial charge in [0, 0.05) is 0 Å². The van der Waals surface area contributed by atoms with Gasteiger partial charge in [-0.25, -0.2) is 4.98 Å². The number of nitrogens with zero attached hydrogens (tertiary/aromatic N) is 2. The van der Waals surface area contributed by atoms with Crippen molar-refractivity contribution in [3.8, 4) is 0 Å². The van der Waals surface area contributed by atoms with Gasteiger partial charge in [-0.05, 0) is 38.1 Å². The van der Waals surface area contributed by atoms with Crippen LogP contribution in [-0.4, -0.2) is 33.9 Å². The number of para-hydroxylation sites is 1. The molecule has 5 heteroatoms. The first-order chi connectivity index (χ1) is 9.20. The Labute approximate surface area is 111 Å². The first-order valence-corrected chi connectivity index (χ1v) is 6.73. The maximum absolute atomic E-state index is 11.4. The zero-order valence-electron chi connectivity index (χ0n) is 11.0. The van der Waals surface area contributed by atoms with Crippen LogP contribution in [0, 0.1) is 0 Å². The molecule has 0 aliphatic carbocycles. The summed E-state index contributed by atoms with van der Waals surface area (Å²) < 4.78 is 0. The Morgan fingerprint density at radius 2 is 2.42 bits per heavy atom. The molecule has 2 heterocycles. The number of nitrogens with one attached hydrogen (secondary N) is 1. The number of hydrogen-bond acceptors (Lipinski definition) is 3. The average Bonchev–Trinajstić information content (AvgIpc) is 3.03. The molecule has 1 aromatic carbocycles. The number of fused-ring (bicyclic) bond motifs is 1. The molecule has 3 rings (SSSR count). The third kappa shape index (κ3) is 2.00. The first-order valence-electron chi connectivity index (χ1n) is 6.73. The third-order valence-corrected chi connectivity index (χ3v) is 3.88. The van der Waals surface area contributed by atoms with E-state index in [4.69, 9.17) is 5.73 Å². The maximum atomic E-state index is 11.4. The van der Waals surface area contributed by atoms with Gasteiger partial charge in [-0.3, -0.25) is 9.69 Å². The van der Waals surface area contributed by atoms with E-state index in [0.717, 1.165) is 30.9 Å². The van der Waals surface area contributed by atoms with Crippen LogP contribution < -0.4 is 5.73 Å². The lowest BCUT2D eigenvalue weighted by atomic mass is 10.2. The number of rotatable bonds is 3. The normalized spacial score (nSPS) is 20.2. The molecule has 5 nitrogen and oxygen atoms in total. The fourth-order valence-electron chi connectivity index (χ4n) is 2.92. The Hall–Kier alpha value is -1.88. The fourth-order valence-corrected chi connectivity index (χ4v) is 2.92. The van der Waals surface area contributed by atoms with Crippen LogP contribution in [0.1, 0.15) is 42.0 Å². The number of nitrogens with two attached hydrogens (primary N) is 1. The van der Waals surface area contributed by atoms with Gasteiger partial charge in [-0.2, -0.15) is 0 Å². The van der Waals surface area contributed by atoms with Crippen molar-refractivity contribution in [3.05, 3.63) is 29.6 Å². The van der Waals surface area contributed by atoms with Crippen LogP contribution in [0.2, 0.25) is 0 Å². The molecular formula is C14H18N4O. The number of likely N-dealkylation sites (tertiary alicyclic amines) is 1. The number of benzene rings is 1. The molecule has 1 aliphatic heterocycles. The van der Waals surface area contributed by atoms with E-state index in [1.807, 2.05) is 12.1 Å². The molecule has 19 heavy (non-hydrogen) atoms. The molecular weight excluding hydrogens is 240 g/mol. The van der Waals surface area contributed by atoms with Crippen molar-refractivity contribution in [2.24, 2.45) is 5.73 Å². The second-order valence-electron chi connectivity index (χ2n) is 4.97. The molecule has 0 radical (unpaired) electrons. The van der Waals surface area contributed by atoms with Crippen LogP contribution in [-0.2, 0) is 0 Å². The predicted octanol–water partition coefficient (Wildman–Crippen LogP) is 1.82. The molecule has 0 saturated carbocycles. The number of aromatic amines is 1. The van der Waals surface area contributed by atoms with Crippen LogP contribution >= 0.6 is 0 Å². The molecule has 2 aromatic rings. The number of H-pyrrole nitrogens is 1. The van der Waals surface area contributed by atoms with Gasteiger partial charge in [0.1, 0.15) is 11.3 Å². The number of aromatic nitrogens is 2. The van der Waals surface area contributed by atoms with Gasteiger partial charge < -0.3 is 10.7 Å². The quantitative estimate of drug-likeness (QED) is 0.881. The molecule has 0 spiro atoms. The Balaban J connectivity index is 2.06. The molecule has 1 aliphatic rings. The molecule has 1 amide bonds. The second-order valence-corrected chi connectivity index (χ2v) is 4.97. The lowest BCUT2D eigenvalue weighted by molar-refractivity contribution is 0.100. The van der Waals surface area contributed by atoms with E-state index in [-0.39, 0.29) is 0 Å². The van der Waals surface area contributed by atoms with Gasteiger partial charge in [0.05, 0.1) is 17.1 Å². The highest BCUT2D eigenvalue weighted by atomic mass is 16.1. The summed E-state index contributed by atoms with van der Waals surface area (Å²) in [6.45, 7) is 4.29. The van der Waals surface area contributed by atoms with Gasteiger partial charge in [0.15, 0.2) is 0 Å². The summed E-state index contributed by atoms with van der Waals surface area (Å²) >= 11 is 0. The van der Waals surface area contributed by atoms with Crippen LogP contribution in [0.25, 0.3) is 11.0 Å². The van der Waals surface area contributed by atoms with Gasteiger partial charge in [0.2, 0.25) is 0 Å². The van der Waals surface area contributed by atoms with Crippen LogP contribution in [0.3, 0.4) is 0 Å². The van der Waals surface area contributed by atoms with Crippen molar-refractivity contribution in [2.45, 2.75) is 25.8 Å². The van der Waals surface area contributed by atoms with E-state index in [9.17, 15) is 4.79 Å². The fraction of sp³-hybridized carbons (Fsp3) is 0.429. The monoisotopic (exact) mass is 258 g/mol. The number of hydrogen-bond donors (Lipinski definition) is 2. The summed E-state index contributed by atoms with van der Waals surface area (Å²) in [4.78, 5) is 21.8. The molecule has 1 atom stereocenters. The highest BCUT2D eigenvalue weighted by Crippen LogP contribution is 2.31. The largest absolute Gasteiger partial charge is 0.366 e. The van der Waals surface area contributed by atoms with E-state index in [2.05, 4.69) is 21.8 Å². The highest BCUT2D eigenvalue weighted by molar-refractivity contribution is 6.04. The number of imidazole rings is 1. The molecule has 1 fully saturated rings. The van der Waals surface area contributed by atoms with Gasteiger partial charge in [-0.1, -0.05) is 13.0 Å². The minimum Gasteiger partial charge on any atom is -0.366 e. The van der Waals surface area contributed by atoms with Crippen LogP contribution in [0.15, 0.2) is 18.2 Å². The van der Waals surface area contributed by atoms with Crippen molar-refractivity contribution in [2.75, 3.05) is 13.1 Å². The predicted molar refractivity (Wildman–Crippen MR) is 73.8 cm³/mol. The van der Waals surface area contributed by atoms with Crippen LogP contribution in [0.4, 0.5) is 0 Å². The summed E-state index contributed by atoms with van der Waals surface area (Å²) in [6.07, 6.45) is 2.30. The molecule has 0 unspecified atom stereocenters. The molecule has 1 saturated heterocycles. The Morgan fingerprint density at radius 3 is 3.16 bits per heavy atom. The van der Waals surface area contributed by atoms with Crippen molar-refractivity contribution in [1.82, 2.24) is 14.9 Å². The zero-order valence-corrected chi connectivity index (χ0v) is 11.0. The zero-order chi connectivity index (χ0) is 13.4. The number of carbonyl (C=O) groups is 1. The summed E-state index contributed by atoms with van der Waals surface area (Å²) in [6, 6.07) is 5.82. The molecule has 100 valence electrons. The smallest absolute Gasteiger partial charge is 0.250 e. The summed E-state index contributed by atoms with van der Waals surface area (Å²) in [5.41, 5.74) is 7.45. The van der Waals surface area contributed by atoms with Gasteiger partial charge in [-0.15, -0.1) is 0 Å². The summed E-state index contributed by atoms with van der Waals surface area (Å²) in [5, 5.41) is 0. The minimum atomic E-state index is -0.428. The summed E-state index contributed by atoms with van der Waals surface area (Å²) in [7, 11) is 0. The lowest BCUT2D eigenvalue weighted by Crippen LogP contribution is -2.23. The molecule has 0 bridgehead atoms. The number of carbonyl (C=O) groups excluding carboxylic acids is 1. The van der Waals surface area contributed by atoms with E-state index < -0.39 is 5.91 Å². The third-order valence-electron chi connectivity index (χ3n) is 3.88. The molecule has 1 aromatic heterocycles. The SMILES string of the molecule is CCN1CCC[C@@H]1c1nc2c(C(N)=O)cccc2[nH]1. The number of primary amides is 1. The van der Waals surface area contributed by atoms with Gasteiger partial charge >= 0.3 is 0 Å². The van der Waals surface area contributed by atoms with Crippen LogP contribution in [0.5, 0.6) is 0 Å². The number of amides is 1. The Morgan fingerprint density at radius 1 is 1.58 bits per heavy atom. The van der Waals surface area contributed by atoms with E-state index in [1.54, 1.807) is 6.07 Å². The Bertz CT molecular complexity index is 619. The van der Waals surface area contributed by atoms with Crippen molar-refractivity contribution < 1.29 is 4.79 Å². The minimum absolute atomic E-state index is 0.332. The lowest BCUT2D eigenvalue weighted by Gasteiger charge is -2.20. The molecule has 3 N–H and O–H groups in total. The standard InChI is InChI=1S/C14H18N4O/c1-2-18-8-4-7-11(18)14-16-10-6-3-5-9(13(15)19)12(10)17-14/h3,5-6,11H,2,4,7-8H2,1H3,(H2,15,19)(H,16,17)/t11-/m1/s1. The Kier molecular flexibility index (Phi) is 2.98. The average molecular weight is 258 g/mol. The second kappa shape index (κ2) is 4.66. The maximum Gasteiger partial charge on any atom is 0.250 e. The van der Waals surface area contributed by atoms with Crippen molar-refractivity contribution in [1.29, 1.82) is 0 Å². The van der Waals surface area contributed by atoms with Gasteiger partial charge in [0.25, 0.3) is 5.91 Å². The topological polar surface area (TPSA) is 75.0 Å². The first kappa shape index (κ1) is 12.2. The van der Waals surface area contributed by atoms with E-state index in [0.29, 0.717) is 17.1 Å². The van der Waals surface area contributed by atoms with E-state index >= 15 is 0 Å². The summed E-state index contributed by atoms with van der Waals surface area (Å²) in [5.74, 6) is 0.519. The van der Waals surface area contributed by atoms with E-state index in [1.165, 1.54) is 6.42 Å². The van der Waals surface area contributed by atoms with Crippen molar-refractivity contribution in [3.63, 3.8) is 0 Å². The van der Waals surface area contributed by atoms with Crippen molar-refractivity contribution >= 4 is 16.9 Å².